The number of fused-ring (bicyclic) bond motifs is 2. The largest absolute Gasteiger partial charge is 0.493 e. The van der Waals surface area contributed by atoms with Crippen LogP contribution in [0.15, 0.2) is 18.3 Å². The Morgan fingerprint density at radius 1 is 1.23 bits per heavy atom. The number of nitrogens with zero attached hydrogens (tertiary/aromatic N) is 3. The second kappa shape index (κ2) is 8.28. The van der Waals surface area contributed by atoms with Gasteiger partial charge in [0.05, 0.1) is 50.6 Å². The molecule has 1 aromatic heterocycles. The van der Waals surface area contributed by atoms with E-state index in [0.29, 0.717) is 13.2 Å². The van der Waals surface area contributed by atoms with E-state index >= 15 is 0 Å². The van der Waals surface area contributed by atoms with Crippen molar-refractivity contribution >= 4 is 11.6 Å². The molecule has 30 heavy (non-hydrogen) atoms. The van der Waals surface area contributed by atoms with Crippen LogP contribution in [0.4, 0.5) is 5.69 Å². The van der Waals surface area contributed by atoms with Crippen LogP contribution in [-0.2, 0) is 28.6 Å². The minimum atomic E-state index is -0.319. The number of carbonyl (C=O) groups excluding carboxylic acids is 1. The van der Waals surface area contributed by atoms with Gasteiger partial charge in [-0.25, -0.2) is 0 Å². The maximum atomic E-state index is 12.5. The second-order valence-corrected chi connectivity index (χ2v) is 8.05. The summed E-state index contributed by atoms with van der Waals surface area (Å²) in [7, 11) is 5.18. The van der Waals surface area contributed by atoms with Gasteiger partial charge >= 0.3 is 0 Å². The Hall–Kier alpha value is -2.58. The van der Waals surface area contributed by atoms with Crippen molar-refractivity contribution < 1.29 is 19.0 Å². The first-order valence-corrected chi connectivity index (χ1v) is 10.4. The molecule has 0 radical (unpaired) electrons. The van der Waals surface area contributed by atoms with Crippen molar-refractivity contribution in [1.82, 2.24) is 14.7 Å². The molecular weight excluding hydrogens is 384 g/mol. The van der Waals surface area contributed by atoms with Crippen molar-refractivity contribution in [1.29, 1.82) is 0 Å². The molecule has 0 bridgehead atoms. The highest BCUT2D eigenvalue weighted by Crippen LogP contribution is 2.45. The molecule has 8 nitrogen and oxygen atoms in total. The number of hydrogen-bond acceptors (Lipinski definition) is 6. The number of hydrogen-bond donors (Lipinski definition) is 1. The molecule has 0 saturated carbocycles. The summed E-state index contributed by atoms with van der Waals surface area (Å²) in [5.74, 6) is 1.47. The predicted molar refractivity (Wildman–Crippen MR) is 113 cm³/mol. The van der Waals surface area contributed by atoms with Gasteiger partial charge in [-0.1, -0.05) is 0 Å². The van der Waals surface area contributed by atoms with Gasteiger partial charge in [-0.05, 0) is 49.4 Å². The van der Waals surface area contributed by atoms with Crippen LogP contribution >= 0.6 is 0 Å². The fraction of sp³-hybridized carbons (Fsp3) is 0.545. The molecule has 1 aromatic carbocycles. The van der Waals surface area contributed by atoms with Gasteiger partial charge in [-0.2, -0.15) is 5.10 Å². The van der Waals surface area contributed by atoms with Gasteiger partial charge in [-0.15, -0.1) is 0 Å². The molecule has 1 fully saturated rings. The number of ether oxygens (including phenoxy) is 3. The number of aromatic nitrogens is 2. The van der Waals surface area contributed by atoms with Gasteiger partial charge in [0, 0.05) is 20.1 Å². The van der Waals surface area contributed by atoms with Crippen molar-refractivity contribution in [2.75, 3.05) is 45.8 Å². The van der Waals surface area contributed by atoms with Gasteiger partial charge in [-0.3, -0.25) is 14.4 Å². The van der Waals surface area contributed by atoms with Crippen molar-refractivity contribution in [3.05, 3.63) is 35.2 Å². The molecule has 0 unspecified atom stereocenters. The highest BCUT2D eigenvalue weighted by molar-refractivity contribution is 5.92. The summed E-state index contributed by atoms with van der Waals surface area (Å²) >= 11 is 0. The predicted octanol–water partition coefficient (Wildman–Crippen LogP) is 2.25. The third-order valence-electron chi connectivity index (χ3n) is 6.39. The van der Waals surface area contributed by atoms with Crippen LogP contribution in [0.3, 0.4) is 0 Å². The van der Waals surface area contributed by atoms with Crippen LogP contribution < -0.4 is 14.8 Å². The minimum Gasteiger partial charge on any atom is -0.493 e. The Kier molecular flexibility index (Phi) is 5.71. The Bertz CT molecular complexity index is 931. The summed E-state index contributed by atoms with van der Waals surface area (Å²) in [5, 5.41) is 7.14. The fourth-order valence-corrected chi connectivity index (χ4v) is 4.49. The van der Waals surface area contributed by atoms with Gasteiger partial charge in [0.25, 0.3) is 0 Å². The van der Waals surface area contributed by atoms with Gasteiger partial charge in [0.2, 0.25) is 5.91 Å². The Balaban J connectivity index is 1.43. The standard InChI is InChI=1S/C22H30N4O4/c1-15-18(13-23-25(15)2)24-21(27)14-26-8-6-22(7-9-26)17-12-20(29-4)19(28-3)11-16(17)5-10-30-22/h11-13H,5-10,14H2,1-4H3,(H,24,27). The van der Waals surface area contributed by atoms with E-state index < -0.39 is 0 Å². The number of aryl methyl sites for hydroxylation is 1. The molecular formula is C22H30N4O4. The zero-order chi connectivity index (χ0) is 21.3. The maximum Gasteiger partial charge on any atom is 0.238 e. The van der Waals surface area contributed by atoms with Crippen molar-refractivity contribution in [3.8, 4) is 11.5 Å². The van der Waals surface area contributed by atoms with Gasteiger partial charge in [0.1, 0.15) is 0 Å². The highest BCUT2D eigenvalue weighted by Gasteiger charge is 2.41. The first-order valence-electron chi connectivity index (χ1n) is 10.4. The molecule has 2 aliphatic heterocycles. The number of piperidine rings is 1. The topological polar surface area (TPSA) is 77.9 Å². The second-order valence-electron chi connectivity index (χ2n) is 8.05. The van der Waals surface area contributed by atoms with E-state index in [1.165, 1.54) is 11.1 Å². The minimum absolute atomic E-state index is 0.0154. The first-order chi connectivity index (χ1) is 14.5. The lowest BCUT2D eigenvalue weighted by molar-refractivity contribution is -0.121. The number of rotatable bonds is 5. The summed E-state index contributed by atoms with van der Waals surface area (Å²) in [4.78, 5) is 14.7. The maximum absolute atomic E-state index is 12.5. The molecule has 8 heteroatoms. The molecule has 1 N–H and O–H groups in total. The molecule has 2 aromatic rings. The van der Waals surface area contributed by atoms with E-state index in [4.69, 9.17) is 14.2 Å². The third kappa shape index (κ3) is 3.77. The lowest BCUT2D eigenvalue weighted by Gasteiger charge is -2.45. The average molecular weight is 415 g/mol. The Labute approximate surface area is 177 Å². The molecule has 162 valence electrons. The van der Waals surface area contributed by atoms with Crippen molar-refractivity contribution in [2.45, 2.75) is 31.8 Å². The number of likely N-dealkylation sites (tertiary alicyclic amines) is 1. The number of carbonyl (C=O) groups is 1. The summed E-state index contributed by atoms with van der Waals surface area (Å²) in [6.45, 7) is 4.60. The smallest absolute Gasteiger partial charge is 0.238 e. The molecule has 0 aliphatic carbocycles. The van der Waals surface area contributed by atoms with Crippen LogP contribution in [0, 0.1) is 6.92 Å². The van der Waals surface area contributed by atoms with E-state index in [-0.39, 0.29) is 11.5 Å². The normalized spacial score (nSPS) is 18.1. The third-order valence-corrected chi connectivity index (χ3v) is 6.39. The van der Waals surface area contributed by atoms with Gasteiger partial charge < -0.3 is 19.5 Å². The average Bonchev–Trinajstić information content (AvgIpc) is 3.07. The molecule has 1 amide bonds. The number of benzene rings is 1. The molecule has 1 saturated heterocycles. The number of nitrogens with one attached hydrogen (secondary N) is 1. The summed E-state index contributed by atoms with van der Waals surface area (Å²) < 4.78 is 19.1. The Morgan fingerprint density at radius 3 is 2.57 bits per heavy atom. The van der Waals surface area contributed by atoms with Crippen LogP contribution in [0.2, 0.25) is 0 Å². The lowest BCUT2D eigenvalue weighted by atomic mass is 9.79. The van der Waals surface area contributed by atoms with Crippen molar-refractivity contribution in [2.24, 2.45) is 7.05 Å². The van der Waals surface area contributed by atoms with E-state index in [0.717, 1.165) is 55.2 Å². The lowest BCUT2D eigenvalue weighted by Crippen LogP contribution is -2.48. The van der Waals surface area contributed by atoms with Crippen LogP contribution in [-0.4, -0.2) is 61.0 Å². The molecule has 4 rings (SSSR count). The van der Waals surface area contributed by atoms with Crippen molar-refractivity contribution in [3.63, 3.8) is 0 Å². The fourth-order valence-electron chi connectivity index (χ4n) is 4.49. The number of amides is 1. The summed E-state index contributed by atoms with van der Waals surface area (Å²) in [5.41, 5.74) is 3.85. The van der Waals surface area contributed by atoms with Crippen LogP contribution in [0.25, 0.3) is 0 Å². The quantitative estimate of drug-likeness (QED) is 0.809. The number of anilines is 1. The van der Waals surface area contributed by atoms with Crippen LogP contribution in [0.1, 0.15) is 29.7 Å². The molecule has 3 heterocycles. The zero-order valence-corrected chi connectivity index (χ0v) is 18.2. The summed E-state index contributed by atoms with van der Waals surface area (Å²) in [6, 6.07) is 4.15. The van der Waals surface area contributed by atoms with Crippen LogP contribution in [0.5, 0.6) is 11.5 Å². The molecule has 0 atom stereocenters. The monoisotopic (exact) mass is 414 g/mol. The zero-order valence-electron chi connectivity index (χ0n) is 18.2. The number of methoxy groups -OCH3 is 2. The Morgan fingerprint density at radius 2 is 1.93 bits per heavy atom. The SMILES string of the molecule is COc1cc2c(cc1OC)C1(CCN(CC(=O)Nc3cnn(C)c3C)CC1)OCC2. The first kappa shape index (κ1) is 20.7. The van der Waals surface area contributed by atoms with E-state index in [1.54, 1.807) is 25.1 Å². The van der Waals surface area contributed by atoms with E-state index in [2.05, 4.69) is 27.4 Å². The molecule has 1 spiro atoms. The van der Waals surface area contributed by atoms with E-state index in [1.807, 2.05) is 14.0 Å². The highest BCUT2D eigenvalue weighted by atomic mass is 16.5. The molecule has 2 aliphatic rings. The summed E-state index contributed by atoms with van der Waals surface area (Å²) in [6.07, 6.45) is 4.24. The van der Waals surface area contributed by atoms with Gasteiger partial charge in [0.15, 0.2) is 11.5 Å². The van der Waals surface area contributed by atoms with E-state index in [9.17, 15) is 4.79 Å².